The highest BCUT2D eigenvalue weighted by Gasteiger charge is 2.52. The van der Waals surface area contributed by atoms with Gasteiger partial charge in [0.25, 0.3) is 5.91 Å². The van der Waals surface area contributed by atoms with Crippen molar-refractivity contribution in [1.29, 1.82) is 0 Å². The number of hydrogen-bond donors (Lipinski definition) is 2. The lowest BCUT2D eigenvalue weighted by molar-refractivity contribution is -0.135. The molecule has 0 radical (unpaired) electrons. The Morgan fingerprint density at radius 1 is 1.17 bits per heavy atom. The topological polar surface area (TPSA) is 91.0 Å². The first-order valence-electron chi connectivity index (χ1n) is 11.2. The molecule has 8 nitrogen and oxygen atoms in total. The maximum absolute atomic E-state index is 13.0. The number of nitrogens with zero attached hydrogens (tertiary/aromatic N) is 2. The molecule has 4 amide bonds. The zero-order valence-corrected chi connectivity index (χ0v) is 17.5. The summed E-state index contributed by atoms with van der Waals surface area (Å²) in [5.41, 5.74) is -0.676. The lowest BCUT2D eigenvalue weighted by Gasteiger charge is -2.35. The summed E-state index contributed by atoms with van der Waals surface area (Å²) in [6.45, 7) is 5.36. The van der Waals surface area contributed by atoms with Crippen LogP contribution < -0.4 is 10.6 Å². The SMILES string of the molecule is CC1CCC2(CC1)NC(=O)N(CN1CCC(C(=O)NC[C@H]3CCCO3)CC1)C2=O. The van der Waals surface area contributed by atoms with Crippen LogP contribution in [0.5, 0.6) is 0 Å². The van der Waals surface area contributed by atoms with Crippen LogP contribution in [-0.4, -0.2) is 72.2 Å². The molecule has 1 saturated carbocycles. The number of imide groups is 1. The minimum absolute atomic E-state index is 0.00179. The Bertz CT molecular complexity index is 633. The van der Waals surface area contributed by atoms with Crippen LogP contribution in [0.25, 0.3) is 0 Å². The minimum atomic E-state index is -0.676. The van der Waals surface area contributed by atoms with E-state index in [0.29, 0.717) is 19.1 Å². The molecule has 29 heavy (non-hydrogen) atoms. The first-order chi connectivity index (χ1) is 14.0. The normalized spacial score (nSPS) is 34.0. The highest BCUT2D eigenvalue weighted by Crippen LogP contribution is 2.36. The van der Waals surface area contributed by atoms with Gasteiger partial charge in [0.15, 0.2) is 0 Å². The molecule has 3 aliphatic heterocycles. The van der Waals surface area contributed by atoms with E-state index in [1.807, 2.05) is 0 Å². The van der Waals surface area contributed by atoms with Crippen molar-refractivity contribution in [3.63, 3.8) is 0 Å². The molecular formula is C21H34N4O4. The van der Waals surface area contributed by atoms with Gasteiger partial charge in [0, 0.05) is 32.2 Å². The van der Waals surface area contributed by atoms with Gasteiger partial charge >= 0.3 is 6.03 Å². The summed E-state index contributed by atoms with van der Waals surface area (Å²) in [4.78, 5) is 41.4. The molecule has 0 bridgehead atoms. The standard InChI is InChI=1S/C21H34N4O4/c1-15-4-8-21(9-5-15)19(27)25(20(28)23-21)14-24-10-6-16(7-11-24)18(26)22-13-17-3-2-12-29-17/h15-17H,2-14H2,1H3,(H,22,26)(H,23,28)/t15?,17-,21?/m1/s1. The van der Waals surface area contributed by atoms with E-state index in [0.717, 1.165) is 71.1 Å². The summed E-state index contributed by atoms with van der Waals surface area (Å²) in [6.07, 6.45) is 7.19. The number of likely N-dealkylation sites (tertiary alicyclic amines) is 1. The average molecular weight is 407 g/mol. The zero-order chi connectivity index (χ0) is 20.4. The number of nitrogens with one attached hydrogen (secondary N) is 2. The maximum atomic E-state index is 13.0. The van der Waals surface area contributed by atoms with Crippen molar-refractivity contribution in [3.05, 3.63) is 0 Å². The molecule has 3 heterocycles. The van der Waals surface area contributed by atoms with Gasteiger partial charge in [0.05, 0.1) is 12.8 Å². The summed E-state index contributed by atoms with van der Waals surface area (Å²) in [5, 5.41) is 6.01. The van der Waals surface area contributed by atoms with Gasteiger partial charge in [0.2, 0.25) is 5.91 Å². The van der Waals surface area contributed by atoms with Crippen molar-refractivity contribution in [2.45, 2.75) is 69.9 Å². The quantitative estimate of drug-likeness (QED) is 0.675. The predicted octanol–water partition coefficient (Wildman–Crippen LogP) is 1.45. The second-order valence-corrected chi connectivity index (χ2v) is 9.34. The zero-order valence-electron chi connectivity index (χ0n) is 17.5. The molecular weight excluding hydrogens is 372 g/mol. The number of rotatable bonds is 5. The maximum Gasteiger partial charge on any atom is 0.326 e. The van der Waals surface area contributed by atoms with E-state index >= 15 is 0 Å². The molecule has 8 heteroatoms. The van der Waals surface area contributed by atoms with Gasteiger partial charge in [0.1, 0.15) is 5.54 Å². The van der Waals surface area contributed by atoms with Gasteiger partial charge in [-0.25, -0.2) is 9.69 Å². The average Bonchev–Trinajstić information content (AvgIpc) is 3.32. The third-order valence-electron chi connectivity index (χ3n) is 7.20. The van der Waals surface area contributed by atoms with E-state index < -0.39 is 5.54 Å². The Hall–Kier alpha value is -1.67. The second-order valence-electron chi connectivity index (χ2n) is 9.34. The van der Waals surface area contributed by atoms with Crippen molar-refractivity contribution in [1.82, 2.24) is 20.4 Å². The minimum Gasteiger partial charge on any atom is -0.376 e. The Morgan fingerprint density at radius 2 is 1.90 bits per heavy atom. The first-order valence-corrected chi connectivity index (χ1v) is 11.2. The molecule has 4 rings (SSSR count). The van der Waals surface area contributed by atoms with Crippen LogP contribution in [0.2, 0.25) is 0 Å². The fourth-order valence-electron chi connectivity index (χ4n) is 5.10. The van der Waals surface area contributed by atoms with E-state index in [2.05, 4.69) is 22.5 Å². The Balaban J connectivity index is 1.23. The van der Waals surface area contributed by atoms with Gasteiger partial charge in [-0.15, -0.1) is 0 Å². The van der Waals surface area contributed by atoms with E-state index in [9.17, 15) is 14.4 Å². The summed E-state index contributed by atoms with van der Waals surface area (Å²) in [6, 6.07) is -0.263. The Kier molecular flexibility index (Phi) is 6.11. The number of urea groups is 1. The third kappa shape index (κ3) is 4.43. The highest BCUT2D eigenvalue weighted by molar-refractivity contribution is 6.07. The summed E-state index contributed by atoms with van der Waals surface area (Å²) in [7, 11) is 0. The molecule has 0 aromatic carbocycles. The van der Waals surface area contributed by atoms with E-state index in [-0.39, 0.29) is 29.9 Å². The smallest absolute Gasteiger partial charge is 0.326 e. The molecule has 0 unspecified atom stereocenters. The van der Waals surface area contributed by atoms with Gasteiger partial charge < -0.3 is 15.4 Å². The van der Waals surface area contributed by atoms with Crippen LogP contribution in [0.15, 0.2) is 0 Å². The van der Waals surface area contributed by atoms with Crippen LogP contribution in [0.4, 0.5) is 4.79 Å². The third-order valence-corrected chi connectivity index (χ3v) is 7.20. The predicted molar refractivity (Wildman–Crippen MR) is 107 cm³/mol. The number of carbonyl (C=O) groups is 3. The van der Waals surface area contributed by atoms with Crippen LogP contribution in [0.3, 0.4) is 0 Å². The molecule has 3 saturated heterocycles. The number of piperidine rings is 1. The van der Waals surface area contributed by atoms with Crippen molar-refractivity contribution >= 4 is 17.8 Å². The number of amides is 4. The number of ether oxygens (including phenoxy) is 1. The largest absolute Gasteiger partial charge is 0.376 e. The molecule has 1 spiro atoms. The molecule has 2 N–H and O–H groups in total. The van der Waals surface area contributed by atoms with Crippen LogP contribution in [-0.2, 0) is 14.3 Å². The second kappa shape index (κ2) is 8.60. The van der Waals surface area contributed by atoms with Crippen LogP contribution in [0.1, 0.15) is 58.3 Å². The molecule has 0 aromatic rings. The molecule has 1 atom stereocenters. The van der Waals surface area contributed by atoms with E-state index in [1.54, 1.807) is 0 Å². The van der Waals surface area contributed by atoms with Crippen molar-refractivity contribution in [2.75, 3.05) is 32.9 Å². The van der Waals surface area contributed by atoms with Crippen LogP contribution >= 0.6 is 0 Å². The van der Waals surface area contributed by atoms with Gasteiger partial charge in [-0.05, 0) is 57.3 Å². The summed E-state index contributed by atoms with van der Waals surface area (Å²) in [5.74, 6) is 0.656. The van der Waals surface area contributed by atoms with Gasteiger partial charge in [-0.1, -0.05) is 6.92 Å². The van der Waals surface area contributed by atoms with Crippen molar-refractivity contribution in [2.24, 2.45) is 11.8 Å². The first kappa shape index (κ1) is 20.6. The van der Waals surface area contributed by atoms with Gasteiger partial charge in [-0.2, -0.15) is 0 Å². The number of carbonyl (C=O) groups excluding carboxylic acids is 3. The molecule has 1 aliphatic carbocycles. The van der Waals surface area contributed by atoms with Crippen LogP contribution in [0, 0.1) is 11.8 Å². The van der Waals surface area contributed by atoms with Crippen molar-refractivity contribution in [3.8, 4) is 0 Å². The molecule has 4 fully saturated rings. The monoisotopic (exact) mass is 406 g/mol. The van der Waals surface area contributed by atoms with E-state index in [4.69, 9.17) is 4.74 Å². The lowest BCUT2D eigenvalue weighted by Crippen LogP contribution is -2.50. The fourth-order valence-corrected chi connectivity index (χ4v) is 5.10. The van der Waals surface area contributed by atoms with E-state index in [1.165, 1.54) is 4.90 Å². The summed E-state index contributed by atoms with van der Waals surface area (Å²) < 4.78 is 5.56. The molecule has 0 aromatic heterocycles. The highest BCUT2D eigenvalue weighted by atomic mass is 16.5. The molecule has 4 aliphatic rings. The lowest BCUT2D eigenvalue weighted by atomic mass is 9.77. The van der Waals surface area contributed by atoms with Gasteiger partial charge in [-0.3, -0.25) is 14.5 Å². The fraction of sp³-hybridized carbons (Fsp3) is 0.857. The summed E-state index contributed by atoms with van der Waals surface area (Å²) >= 11 is 0. The number of hydrogen-bond acceptors (Lipinski definition) is 5. The van der Waals surface area contributed by atoms with Crippen molar-refractivity contribution < 1.29 is 19.1 Å². The Morgan fingerprint density at radius 3 is 2.55 bits per heavy atom. The molecule has 162 valence electrons. The Labute approximate surface area is 172 Å².